The summed E-state index contributed by atoms with van der Waals surface area (Å²) in [6.45, 7) is 6.91. The Balaban J connectivity index is 0. The molecule has 0 spiro atoms. The number of carbonyl (C=O) groups excluding carboxylic acids is 2. The van der Waals surface area contributed by atoms with Crippen molar-refractivity contribution in [2.45, 2.75) is 26.7 Å². The number of carboxylic acid groups (broad SMARTS) is 1. The first-order chi connectivity index (χ1) is 6.93. The SMILES string of the molecule is C=CC(=O)OCCC.CC(=O)CC(=O)O. The van der Waals surface area contributed by atoms with E-state index in [-0.39, 0.29) is 18.2 Å². The highest BCUT2D eigenvalue weighted by molar-refractivity contribution is 5.93. The first-order valence-corrected chi connectivity index (χ1v) is 4.44. The van der Waals surface area contributed by atoms with E-state index in [9.17, 15) is 14.4 Å². The molecule has 0 rings (SSSR count). The average molecular weight is 216 g/mol. The van der Waals surface area contributed by atoms with Gasteiger partial charge in [-0.25, -0.2) is 4.79 Å². The van der Waals surface area contributed by atoms with E-state index in [2.05, 4.69) is 11.3 Å². The molecule has 0 fully saturated rings. The van der Waals surface area contributed by atoms with Crippen LogP contribution in [-0.2, 0) is 19.1 Å². The summed E-state index contributed by atoms with van der Waals surface area (Å²) in [7, 11) is 0. The lowest BCUT2D eigenvalue weighted by Crippen LogP contribution is -2.00. The second kappa shape index (κ2) is 10.4. The average Bonchev–Trinajstić information content (AvgIpc) is 2.12. The Morgan fingerprint density at radius 3 is 2.13 bits per heavy atom. The molecule has 5 heteroatoms. The maximum absolute atomic E-state index is 10.2. The highest BCUT2D eigenvalue weighted by Crippen LogP contribution is 1.81. The van der Waals surface area contributed by atoms with Gasteiger partial charge < -0.3 is 9.84 Å². The quantitative estimate of drug-likeness (QED) is 0.424. The molecule has 0 amide bonds. The molecule has 1 N–H and O–H groups in total. The zero-order chi connectivity index (χ0) is 12.3. The molecule has 86 valence electrons. The van der Waals surface area contributed by atoms with E-state index >= 15 is 0 Å². The molecular weight excluding hydrogens is 200 g/mol. The third-order valence-corrected chi connectivity index (χ3v) is 1.02. The Morgan fingerprint density at radius 2 is 1.93 bits per heavy atom. The fraction of sp³-hybridized carbons (Fsp3) is 0.500. The van der Waals surface area contributed by atoms with Gasteiger partial charge in [0.15, 0.2) is 0 Å². The van der Waals surface area contributed by atoms with Crippen molar-refractivity contribution in [1.82, 2.24) is 0 Å². The Labute approximate surface area is 88.7 Å². The van der Waals surface area contributed by atoms with Crippen molar-refractivity contribution < 1.29 is 24.2 Å². The number of hydrogen-bond acceptors (Lipinski definition) is 4. The fourth-order valence-electron chi connectivity index (χ4n) is 0.475. The number of hydrogen-bond donors (Lipinski definition) is 1. The van der Waals surface area contributed by atoms with Gasteiger partial charge in [0.1, 0.15) is 12.2 Å². The maximum Gasteiger partial charge on any atom is 0.330 e. The first-order valence-electron chi connectivity index (χ1n) is 4.44. The summed E-state index contributed by atoms with van der Waals surface area (Å²) in [4.78, 5) is 29.7. The van der Waals surface area contributed by atoms with Crippen molar-refractivity contribution in [1.29, 1.82) is 0 Å². The van der Waals surface area contributed by atoms with Crippen LogP contribution < -0.4 is 0 Å². The third kappa shape index (κ3) is 19.0. The largest absolute Gasteiger partial charge is 0.481 e. The second-order valence-corrected chi connectivity index (χ2v) is 2.64. The lowest BCUT2D eigenvalue weighted by Gasteiger charge is -1.94. The number of esters is 1. The van der Waals surface area contributed by atoms with Gasteiger partial charge in [0.2, 0.25) is 0 Å². The zero-order valence-corrected chi connectivity index (χ0v) is 8.99. The Kier molecular flexibility index (Phi) is 11.0. The number of ether oxygens (including phenoxy) is 1. The van der Waals surface area contributed by atoms with Crippen LogP contribution in [0.4, 0.5) is 0 Å². The molecule has 0 aromatic rings. The Bertz CT molecular complexity index is 220. The Morgan fingerprint density at radius 1 is 1.40 bits per heavy atom. The van der Waals surface area contributed by atoms with E-state index in [0.717, 1.165) is 12.5 Å². The molecule has 0 aliphatic heterocycles. The first kappa shape index (κ1) is 15.8. The van der Waals surface area contributed by atoms with Crippen molar-refractivity contribution in [2.75, 3.05) is 6.61 Å². The van der Waals surface area contributed by atoms with Crippen molar-refractivity contribution >= 4 is 17.7 Å². The molecule has 0 unspecified atom stereocenters. The minimum absolute atomic E-state index is 0.312. The van der Waals surface area contributed by atoms with Crippen LogP contribution in [0.2, 0.25) is 0 Å². The molecule has 0 atom stereocenters. The summed E-state index contributed by atoms with van der Waals surface area (Å²) in [6, 6.07) is 0. The predicted octanol–water partition coefficient (Wildman–Crippen LogP) is 1.18. The molecule has 0 aromatic heterocycles. The van der Waals surface area contributed by atoms with Crippen LogP contribution in [0.1, 0.15) is 26.7 Å². The van der Waals surface area contributed by atoms with Crippen LogP contribution in [-0.4, -0.2) is 29.4 Å². The van der Waals surface area contributed by atoms with Crippen LogP contribution in [0.15, 0.2) is 12.7 Å². The van der Waals surface area contributed by atoms with E-state index in [1.807, 2.05) is 6.92 Å². The summed E-state index contributed by atoms with van der Waals surface area (Å²) in [5.74, 6) is -1.72. The Hall–Kier alpha value is -1.65. The summed E-state index contributed by atoms with van der Waals surface area (Å²) in [5.41, 5.74) is 0. The maximum atomic E-state index is 10.2. The molecule has 15 heavy (non-hydrogen) atoms. The van der Waals surface area contributed by atoms with E-state index in [1.165, 1.54) is 6.92 Å². The van der Waals surface area contributed by atoms with E-state index in [1.54, 1.807) is 0 Å². The number of ketones is 1. The molecule has 0 aromatic carbocycles. The molecular formula is C10H16O5. The van der Waals surface area contributed by atoms with Crippen LogP contribution in [0, 0.1) is 0 Å². The fourth-order valence-corrected chi connectivity index (χ4v) is 0.475. The molecule has 0 bridgehead atoms. The molecule has 0 aliphatic carbocycles. The van der Waals surface area contributed by atoms with Crippen LogP contribution in [0.25, 0.3) is 0 Å². The standard InChI is InChI=1S/C6H10O2.C4H6O3/c1-3-5-8-6(7)4-2;1-3(5)2-4(6)7/h4H,2-3,5H2,1H3;2H2,1H3,(H,6,7). The lowest BCUT2D eigenvalue weighted by atomic mass is 10.3. The number of aliphatic carboxylic acids is 1. The van der Waals surface area contributed by atoms with Gasteiger partial charge >= 0.3 is 11.9 Å². The minimum atomic E-state index is -1.06. The molecule has 5 nitrogen and oxygen atoms in total. The van der Waals surface area contributed by atoms with Crippen molar-refractivity contribution in [3.05, 3.63) is 12.7 Å². The van der Waals surface area contributed by atoms with Gasteiger partial charge in [-0.15, -0.1) is 0 Å². The van der Waals surface area contributed by atoms with Crippen LogP contribution in [0.3, 0.4) is 0 Å². The van der Waals surface area contributed by atoms with E-state index < -0.39 is 5.97 Å². The molecule has 0 saturated carbocycles. The van der Waals surface area contributed by atoms with E-state index in [0.29, 0.717) is 6.61 Å². The predicted molar refractivity (Wildman–Crippen MR) is 54.4 cm³/mol. The highest BCUT2D eigenvalue weighted by atomic mass is 16.5. The third-order valence-electron chi connectivity index (χ3n) is 1.02. The summed E-state index contributed by atoms with van der Waals surface area (Å²) in [5, 5.41) is 7.86. The van der Waals surface area contributed by atoms with Crippen molar-refractivity contribution in [3.8, 4) is 0 Å². The number of Topliss-reactive ketones (excluding diaryl/α,β-unsaturated/α-hetero) is 1. The monoisotopic (exact) mass is 216 g/mol. The van der Waals surface area contributed by atoms with E-state index in [4.69, 9.17) is 5.11 Å². The van der Waals surface area contributed by atoms with Crippen LogP contribution >= 0.6 is 0 Å². The van der Waals surface area contributed by atoms with Gasteiger partial charge in [0, 0.05) is 6.08 Å². The topological polar surface area (TPSA) is 80.7 Å². The summed E-state index contributed by atoms with van der Waals surface area (Å²) in [6.07, 6.45) is 1.66. The van der Waals surface area contributed by atoms with Gasteiger partial charge in [0.05, 0.1) is 6.61 Å². The van der Waals surface area contributed by atoms with Crippen molar-refractivity contribution in [2.24, 2.45) is 0 Å². The second-order valence-electron chi connectivity index (χ2n) is 2.64. The zero-order valence-electron chi connectivity index (χ0n) is 8.99. The number of carbonyl (C=O) groups is 3. The van der Waals surface area contributed by atoms with Gasteiger partial charge in [-0.2, -0.15) is 0 Å². The smallest absolute Gasteiger partial charge is 0.330 e. The normalized spacial score (nSPS) is 8.13. The van der Waals surface area contributed by atoms with Crippen molar-refractivity contribution in [3.63, 3.8) is 0 Å². The van der Waals surface area contributed by atoms with Gasteiger partial charge in [-0.05, 0) is 13.3 Å². The highest BCUT2D eigenvalue weighted by Gasteiger charge is 1.98. The number of rotatable bonds is 5. The van der Waals surface area contributed by atoms with Gasteiger partial charge in [-0.1, -0.05) is 13.5 Å². The molecule has 0 radical (unpaired) electrons. The summed E-state index contributed by atoms with van der Waals surface area (Å²) >= 11 is 0. The summed E-state index contributed by atoms with van der Waals surface area (Å²) < 4.78 is 4.58. The molecule has 0 aliphatic rings. The molecule has 0 saturated heterocycles. The van der Waals surface area contributed by atoms with Gasteiger partial charge in [0.25, 0.3) is 0 Å². The van der Waals surface area contributed by atoms with Crippen LogP contribution in [0.5, 0.6) is 0 Å². The molecule has 0 heterocycles. The lowest BCUT2D eigenvalue weighted by molar-refractivity contribution is -0.140. The van der Waals surface area contributed by atoms with Gasteiger partial charge in [-0.3, -0.25) is 9.59 Å². The minimum Gasteiger partial charge on any atom is -0.481 e. The number of carboxylic acids is 1.